The molecule has 1 amide bonds. The fraction of sp³-hybridized carbons (Fsp3) is 0.529. The maximum absolute atomic E-state index is 14.4. The lowest BCUT2D eigenvalue weighted by molar-refractivity contribution is 0.0241. The third kappa shape index (κ3) is 3.74. The quantitative estimate of drug-likeness (QED) is 0.666. The first kappa shape index (κ1) is 18.4. The third-order valence-corrected chi connectivity index (χ3v) is 5.93. The lowest BCUT2D eigenvalue weighted by Crippen LogP contribution is -2.50. The van der Waals surface area contributed by atoms with Crippen LogP contribution in [0.1, 0.15) is 26.3 Å². The van der Waals surface area contributed by atoms with E-state index in [1.165, 1.54) is 11.5 Å². The summed E-state index contributed by atoms with van der Waals surface area (Å²) in [5.41, 5.74) is 0.746. The molecule has 2 heterocycles. The van der Waals surface area contributed by atoms with Gasteiger partial charge in [-0.15, -0.1) is 0 Å². The molecule has 5 nitrogen and oxygen atoms in total. The Labute approximate surface area is 159 Å². The van der Waals surface area contributed by atoms with Gasteiger partial charge in [0.15, 0.2) is 5.82 Å². The second-order valence-electron chi connectivity index (χ2n) is 7.16. The van der Waals surface area contributed by atoms with Crippen molar-refractivity contribution < 1.29 is 13.9 Å². The number of nitrogens with zero attached hydrogens (tertiary/aromatic N) is 3. The van der Waals surface area contributed by atoms with E-state index in [9.17, 15) is 9.18 Å². The van der Waals surface area contributed by atoms with E-state index >= 15 is 0 Å². The standard InChI is InChI=1S/C17H21BrFN3O2S/c1-10-9-11-14(13(19)12(10)18)20-25-15(11)21-5-7-22(8-6-21)16(23)24-17(2,3)4/h9H,5-8H2,1-4H3. The van der Waals surface area contributed by atoms with E-state index in [1.807, 2.05) is 33.8 Å². The molecule has 0 saturated carbocycles. The van der Waals surface area contributed by atoms with Gasteiger partial charge < -0.3 is 14.5 Å². The maximum atomic E-state index is 14.4. The van der Waals surface area contributed by atoms with Crippen molar-refractivity contribution in [1.82, 2.24) is 9.27 Å². The van der Waals surface area contributed by atoms with Crippen molar-refractivity contribution in [3.05, 3.63) is 21.9 Å². The Morgan fingerprint density at radius 2 is 1.96 bits per heavy atom. The molecule has 8 heteroatoms. The number of amides is 1. The average Bonchev–Trinajstić information content (AvgIpc) is 2.95. The number of benzene rings is 1. The number of ether oxygens (including phenoxy) is 1. The molecule has 0 bridgehead atoms. The van der Waals surface area contributed by atoms with Crippen LogP contribution in [0, 0.1) is 12.7 Å². The molecule has 0 aliphatic carbocycles. The van der Waals surface area contributed by atoms with Crippen LogP contribution in [0.25, 0.3) is 10.9 Å². The number of anilines is 1. The fourth-order valence-corrected chi connectivity index (χ4v) is 3.99. The predicted molar refractivity (Wildman–Crippen MR) is 102 cm³/mol. The highest BCUT2D eigenvalue weighted by molar-refractivity contribution is 9.10. The zero-order chi connectivity index (χ0) is 18.4. The van der Waals surface area contributed by atoms with Crippen LogP contribution in [0.15, 0.2) is 10.5 Å². The van der Waals surface area contributed by atoms with Crippen LogP contribution in [0.5, 0.6) is 0 Å². The molecule has 1 fully saturated rings. The van der Waals surface area contributed by atoms with Crippen LogP contribution < -0.4 is 4.90 Å². The van der Waals surface area contributed by atoms with Crippen LogP contribution >= 0.6 is 27.5 Å². The number of carbonyl (C=O) groups excluding carboxylic acids is 1. The summed E-state index contributed by atoms with van der Waals surface area (Å²) < 4.78 is 24.5. The minimum Gasteiger partial charge on any atom is -0.444 e. The van der Waals surface area contributed by atoms with E-state index in [0.717, 1.165) is 16.0 Å². The second kappa shape index (κ2) is 6.72. The van der Waals surface area contributed by atoms with Gasteiger partial charge >= 0.3 is 6.09 Å². The fourth-order valence-electron chi connectivity index (χ4n) is 2.78. The van der Waals surface area contributed by atoms with Crippen LogP contribution in [-0.2, 0) is 4.74 Å². The molecule has 1 aliphatic heterocycles. The number of halogens is 2. The summed E-state index contributed by atoms with van der Waals surface area (Å²) in [4.78, 5) is 16.0. The van der Waals surface area contributed by atoms with E-state index < -0.39 is 5.60 Å². The summed E-state index contributed by atoms with van der Waals surface area (Å²) in [6.45, 7) is 9.95. The van der Waals surface area contributed by atoms with E-state index in [4.69, 9.17) is 4.74 Å². The van der Waals surface area contributed by atoms with Crippen LogP contribution in [-0.4, -0.2) is 47.1 Å². The van der Waals surface area contributed by atoms with Gasteiger partial charge in [-0.25, -0.2) is 9.18 Å². The maximum Gasteiger partial charge on any atom is 0.410 e. The summed E-state index contributed by atoms with van der Waals surface area (Å²) in [7, 11) is 0. The highest BCUT2D eigenvalue weighted by Crippen LogP contribution is 2.37. The molecule has 1 aromatic heterocycles. The van der Waals surface area contributed by atoms with Gasteiger partial charge in [0.1, 0.15) is 16.1 Å². The third-order valence-electron chi connectivity index (χ3n) is 4.04. The molecular weight excluding hydrogens is 409 g/mol. The Morgan fingerprint density at radius 1 is 1.32 bits per heavy atom. The molecule has 1 saturated heterocycles. The molecule has 25 heavy (non-hydrogen) atoms. The number of rotatable bonds is 1. The Balaban J connectivity index is 1.76. The minimum atomic E-state index is -0.496. The van der Waals surface area contributed by atoms with Gasteiger partial charge in [0.05, 0.1) is 4.47 Å². The van der Waals surface area contributed by atoms with Crippen molar-refractivity contribution in [3.8, 4) is 0 Å². The SMILES string of the molecule is Cc1cc2c(N3CCN(C(=O)OC(C)(C)C)CC3)snc2c(F)c1Br. The molecule has 0 radical (unpaired) electrons. The van der Waals surface area contributed by atoms with Crippen molar-refractivity contribution in [2.45, 2.75) is 33.3 Å². The molecule has 0 N–H and O–H groups in total. The molecule has 1 aliphatic rings. The predicted octanol–water partition coefficient (Wildman–Crippen LogP) is 4.56. The summed E-state index contributed by atoms with van der Waals surface area (Å²) in [6.07, 6.45) is -0.285. The molecule has 3 rings (SSSR count). The largest absolute Gasteiger partial charge is 0.444 e. The second-order valence-corrected chi connectivity index (χ2v) is 8.70. The molecule has 2 aromatic rings. The zero-order valence-corrected chi connectivity index (χ0v) is 17.1. The van der Waals surface area contributed by atoms with E-state index in [1.54, 1.807) is 4.90 Å². The topological polar surface area (TPSA) is 45.7 Å². The van der Waals surface area contributed by atoms with E-state index in [0.29, 0.717) is 36.2 Å². The van der Waals surface area contributed by atoms with Crippen molar-refractivity contribution >= 4 is 49.5 Å². The summed E-state index contributed by atoms with van der Waals surface area (Å²) in [6, 6.07) is 1.96. The van der Waals surface area contributed by atoms with Gasteiger partial charge in [0, 0.05) is 31.6 Å². The normalized spacial score (nSPS) is 15.8. The van der Waals surface area contributed by atoms with Crippen molar-refractivity contribution in [2.75, 3.05) is 31.1 Å². The molecule has 0 atom stereocenters. The number of hydrogen-bond acceptors (Lipinski definition) is 5. The summed E-state index contributed by atoms with van der Waals surface area (Å²) >= 11 is 4.57. The highest BCUT2D eigenvalue weighted by Gasteiger charge is 2.27. The van der Waals surface area contributed by atoms with Gasteiger partial charge in [-0.05, 0) is 66.8 Å². The number of hydrogen-bond donors (Lipinski definition) is 0. The monoisotopic (exact) mass is 429 g/mol. The van der Waals surface area contributed by atoms with Gasteiger partial charge in [0.25, 0.3) is 0 Å². The Bertz CT molecular complexity index is 810. The lowest BCUT2D eigenvalue weighted by Gasteiger charge is -2.36. The number of aromatic nitrogens is 1. The first-order chi connectivity index (χ1) is 11.7. The van der Waals surface area contributed by atoms with Gasteiger partial charge in [0.2, 0.25) is 0 Å². The zero-order valence-electron chi connectivity index (χ0n) is 14.7. The number of aryl methyl sites for hydroxylation is 1. The van der Waals surface area contributed by atoms with Gasteiger partial charge in [-0.2, -0.15) is 4.37 Å². The molecule has 1 aromatic carbocycles. The smallest absolute Gasteiger partial charge is 0.410 e. The van der Waals surface area contributed by atoms with Crippen LogP contribution in [0.2, 0.25) is 0 Å². The number of carbonyl (C=O) groups is 1. The van der Waals surface area contributed by atoms with Crippen LogP contribution in [0.3, 0.4) is 0 Å². The van der Waals surface area contributed by atoms with Gasteiger partial charge in [-0.1, -0.05) is 0 Å². The lowest BCUT2D eigenvalue weighted by atomic mass is 10.1. The van der Waals surface area contributed by atoms with Gasteiger partial charge in [-0.3, -0.25) is 0 Å². The summed E-state index contributed by atoms with van der Waals surface area (Å²) in [5.74, 6) is -0.315. The van der Waals surface area contributed by atoms with Crippen molar-refractivity contribution in [3.63, 3.8) is 0 Å². The summed E-state index contributed by atoms with van der Waals surface area (Å²) in [5, 5.41) is 1.78. The van der Waals surface area contributed by atoms with E-state index in [-0.39, 0.29) is 11.9 Å². The molecular formula is C17H21BrFN3O2S. The Hall–Kier alpha value is -1.41. The number of fused-ring (bicyclic) bond motifs is 1. The van der Waals surface area contributed by atoms with Crippen LogP contribution in [0.4, 0.5) is 14.2 Å². The minimum absolute atomic E-state index is 0.285. The Kier molecular flexibility index (Phi) is 4.94. The number of piperazine rings is 1. The highest BCUT2D eigenvalue weighted by atomic mass is 79.9. The first-order valence-corrected chi connectivity index (χ1v) is 9.71. The average molecular weight is 430 g/mol. The van der Waals surface area contributed by atoms with Crippen molar-refractivity contribution in [2.24, 2.45) is 0 Å². The Morgan fingerprint density at radius 3 is 2.56 bits per heavy atom. The van der Waals surface area contributed by atoms with Crippen molar-refractivity contribution in [1.29, 1.82) is 0 Å². The first-order valence-electron chi connectivity index (χ1n) is 8.14. The van der Waals surface area contributed by atoms with E-state index in [2.05, 4.69) is 25.2 Å². The molecule has 0 unspecified atom stereocenters. The molecule has 136 valence electrons. The molecule has 0 spiro atoms.